The number of carbonyl (C=O) groups excluding carboxylic acids is 1. The number of benzene rings is 1. The minimum Gasteiger partial charge on any atom is -0.375 e. The third-order valence-electron chi connectivity index (χ3n) is 3.64. The maximum atomic E-state index is 12.0. The van der Waals surface area contributed by atoms with Gasteiger partial charge < -0.3 is 9.64 Å². The first-order valence-corrected chi connectivity index (χ1v) is 10.7. The Kier molecular flexibility index (Phi) is 5.00. The smallest absolute Gasteiger partial charge is 0.274 e. The zero-order valence-electron chi connectivity index (χ0n) is 12.3. The summed E-state index contributed by atoms with van der Waals surface area (Å²) in [6.45, 7) is -0.0855. The first-order valence-electron chi connectivity index (χ1n) is 6.92. The highest BCUT2D eigenvalue weighted by Crippen LogP contribution is 2.41. The van der Waals surface area contributed by atoms with Crippen LogP contribution in [0.3, 0.4) is 0 Å². The maximum absolute atomic E-state index is 12.0. The van der Waals surface area contributed by atoms with Crippen LogP contribution in [-0.2, 0) is 19.4 Å². The summed E-state index contributed by atoms with van der Waals surface area (Å²) in [7, 11) is -1.60. The molecule has 1 amide bonds. The van der Waals surface area contributed by atoms with Crippen LogP contribution >= 0.6 is 34.4 Å². The summed E-state index contributed by atoms with van der Waals surface area (Å²) < 4.78 is 29.8. The molecule has 2 saturated heterocycles. The Morgan fingerprint density at radius 2 is 2.26 bits per heavy atom. The van der Waals surface area contributed by atoms with Crippen LogP contribution in [0.4, 0.5) is 5.69 Å². The standard InChI is InChI=1S/C14H15IN2O4S2/c1-21-6-13(18)16-14-17(10-4-2-3-9(15)5-10)11-7-23(19,20)8-12(11)22-14/h2-5,11-12H,6-8H2,1H3. The van der Waals surface area contributed by atoms with E-state index in [0.717, 1.165) is 9.26 Å². The number of anilines is 1. The number of hydrogen-bond acceptors (Lipinski definition) is 5. The molecule has 2 atom stereocenters. The normalized spacial score (nSPS) is 27.4. The molecule has 6 nitrogen and oxygen atoms in total. The molecule has 2 unspecified atom stereocenters. The Morgan fingerprint density at radius 1 is 1.48 bits per heavy atom. The lowest BCUT2D eigenvalue weighted by molar-refractivity contribution is -0.121. The highest BCUT2D eigenvalue weighted by atomic mass is 127. The van der Waals surface area contributed by atoms with Crippen molar-refractivity contribution in [3.8, 4) is 0 Å². The zero-order chi connectivity index (χ0) is 16.6. The molecule has 2 aliphatic heterocycles. The minimum absolute atomic E-state index is 0.0855. The highest BCUT2D eigenvalue weighted by molar-refractivity contribution is 14.1. The molecule has 0 aromatic heterocycles. The van der Waals surface area contributed by atoms with Gasteiger partial charge in [0.25, 0.3) is 5.91 Å². The van der Waals surface area contributed by atoms with Gasteiger partial charge in [0.2, 0.25) is 0 Å². The van der Waals surface area contributed by atoms with Gasteiger partial charge in [0, 0.05) is 21.6 Å². The summed E-state index contributed by atoms with van der Waals surface area (Å²) >= 11 is 3.57. The first-order chi connectivity index (χ1) is 10.9. The van der Waals surface area contributed by atoms with Crippen molar-refractivity contribution in [1.29, 1.82) is 0 Å². The number of hydrogen-bond donors (Lipinski definition) is 0. The summed E-state index contributed by atoms with van der Waals surface area (Å²) in [6.07, 6.45) is 0. The molecule has 23 heavy (non-hydrogen) atoms. The average molecular weight is 466 g/mol. The second-order valence-corrected chi connectivity index (χ2v) is 9.98. The fourth-order valence-corrected chi connectivity index (χ4v) is 7.21. The van der Waals surface area contributed by atoms with Crippen LogP contribution in [0.5, 0.6) is 0 Å². The Bertz CT molecular complexity index is 766. The Balaban J connectivity index is 1.99. The molecule has 0 aliphatic carbocycles. The van der Waals surface area contributed by atoms with Gasteiger partial charge in [-0.25, -0.2) is 8.42 Å². The molecule has 0 bridgehead atoms. The number of ether oxygens (including phenoxy) is 1. The van der Waals surface area contributed by atoms with Crippen LogP contribution in [0.25, 0.3) is 0 Å². The van der Waals surface area contributed by atoms with Crippen LogP contribution in [0.2, 0.25) is 0 Å². The Hall–Kier alpha value is -0.650. The number of amidine groups is 1. The van der Waals surface area contributed by atoms with E-state index in [4.69, 9.17) is 4.74 Å². The van der Waals surface area contributed by atoms with Crippen molar-refractivity contribution in [3.05, 3.63) is 27.8 Å². The third kappa shape index (κ3) is 3.72. The fourth-order valence-electron chi connectivity index (χ4n) is 2.75. The van der Waals surface area contributed by atoms with E-state index in [0.29, 0.717) is 5.17 Å². The molecule has 0 N–H and O–H groups in total. The summed E-state index contributed by atoms with van der Waals surface area (Å²) in [4.78, 5) is 17.8. The van der Waals surface area contributed by atoms with Gasteiger partial charge in [-0.15, -0.1) is 0 Å². The highest BCUT2D eigenvalue weighted by Gasteiger charge is 2.49. The molecule has 2 fully saturated rings. The average Bonchev–Trinajstić information content (AvgIpc) is 2.89. The second-order valence-electron chi connectivity index (χ2n) is 5.37. The quantitative estimate of drug-likeness (QED) is 0.630. The number of thioether (sulfide) groups is 1. The van der Waals surface area contributed by atoms with E-state index in [9.17, 15) is 13.2 Å². The monoisotopic (exact) mass is 466 g/mol. The van der Waals surface area contributed by atoms with Gasteiger partial charge in [0.05, 0.1) is 17.5 Å². The van der Waals surface area contributed by atoms with Crippen LogP contribution < -0.4 is 4.90 Å². The fraction of sp³-hybridized carbons (Fsp3) is 0.429. The van der Waals surface area contributed by atoms with Gasteiger partial charge in [-0.05, 0) is 40.8 Å². The van der Waals surface area contributed by atoms with E-state index >= 15 is 0 Å². The molecule has 0 radical (unpaired) electrons. The van der Waals surface area contributed by atoms with Gasteiger partial charge in [0.1, 0.15) is 6.61 Å². The molecule has 1 aromatic rings. The number of carbonyl (C=O) groups is 1. The summed E-state index contributed by atoms with van der Waals surface area (Å²) in [5.41, 5.74) is 0.859. The maximum Gasteiger partial charge on any atom is 0.274 e. The van der Waals surface area contributed by atoms with E-state index < -0.39 is 9.84 Å². The number of fused-ring (bicyclic) bond motifs is 1. The van der Waals surface area contributed by atoms with Gasteiger partial charge >= 0.3 is 0 Å². The molecular formula is C14H15IN2O4S2. The van der Waals surface area contributed by atoms with Crippen molar-refractivity contribution >= 4 is 61.0 Å². The minimum atomic E-state index is -3.05. The largest absolute Gasteiger partial charge is 0.375 e. The number of rotatable bonds is 3. The van der Waals surface area contributed by atoms with Gasteiger partial charge in [0.15, 0.2) is 15.0 Å². The topological polar surface area (TPSA) is 76.0 Å². The lowest BCUT2D eigenvalue weighted by Gasteiger charge is -2.24. The predicted octanol–water partition coefficient (Wildman–Crippen LogP) is 1.54. The molecule has 1 aromatic carbocycles. The summed E-state index contributed by atoms with van der Waals surface area (Å²) in [5, 5.41) is 0.464. The first kappa shape index (κ1) is 17.2. The SMILES string of the molecule is COCC(=O)N=C1SC2CS(=O)(=O)CC2N1c1cccc(I)c1. The Morgan fingerprint density at radius 3 is 2.96 bits per heavy atom. The van der Waals surface area contributed by atoms with E-state index in [1.165, 1.54) is 18.9 Å². The number of halogens is 1. The van der Waals surface area contributed by atoms with Crippen LogP contribution in [0.15, 0.2) is 29.3 Å². The summed E-state index contributed by atoms with van der Waals surface area (Å²) in [5.74, 6) is -0.151. The van der Waals surface area contributed by atoms with Gasteiger partial charge in [-0.1, -0.05) is 17.8 Å². The van der Waals surface area contributed by atoms with E-state index in [2.05, 4.69) is 27.6 Å². The van der Waals surface area contributed by atoms with Gasteiger partial charge in [-0.3, -0.25) is 4.79 Å². The molecule has 0 spiro atoms. The third-order valence-corrected chi connectivity index (χ3v) is 7.52. The molecule has 2 aliphatic rings. The molecule has 124 valence electrons. The van der Waals surface area contributed by atoms with Gasteiger partial charge in [-0.2, -0.15) is 4.99 Å². The van der Waals surface area contributed by atoms with E-state index in [-0.39, 0.29) is 35.3 Å². The number of nitrogens with zero attached hydrogens (tertiary/aromatic N) is 2. The van der Waals surface area contributed by atoms with E-state index in [1.54, 1.807) is 0 Å². The van der Waals surface area contributed by atoms with Crippen molar-refractivity contribution in [1.82, 2.24) is 0 Å². The van der Waals surface area contributed by atoms with Crippen molar-refractivity contribution in [2.75, 3.05) is 30.1 Å². The predicted molar refractivity (Wildman–Crippen MR) is 99.8 cm³/mol. The molecule has 9 heteroatoms. The van der Waals surface area contributed by atoms with Crippen molar-refractivity contribution < 1.29 is 17.9 Å². The number of sulfone groups is 1. The van der Waals surface area contributed by atoms with E-state index in [1.807, 2.05) is 29.2 Å². The zero-order valence-corrected chi connectivity index (χ0v) is 16.1. The number of aliphatic imine (C=N–C) groups is 1. The number of amides is 1. The van der Waals surface area contributed by atoms with Crippen molar-refractivity contribution in [3.63, 3.8) is 0 Å². The summed E-state index contributed by atoms with van der Waals surface area (Å²) in [6, 6.07) is 7.56. The molecule has 2 heterocycles. The van der Waals surface area contributed by atoms with Crippen LogP contribution in [0.1, 0.15) is 0 Å². The Labute approximate surface area is 152 Å². The molecule has 0 saturated carbocycles. The molecule has 3 rings (SSSR count). The van der Waals surface area contributed by atoms with Crippen LogP contribution in [-0.4, -0.2) is 56.0 Å². The second kappa shape index (κ2) is 6.69. The molecular weight excluding hydrogens is 451 g/mol. The lowest BCUT2D eigenvalue weighted by atomic mass is 10.2. The van der Waals surface area contributed by atoms with Crippen molar-refractivity contribution in [2.45, 2.75) is 11.3 Å². The van der Waals surface area contributed by atoms with Crippen molar-refractivity contribution in [2.24, 2.45) is 4.99 Å². The van der Waals surface area contributed by atoms with Crippen LogP contribution in [0, 0.1) is 3.57 Å². The number of methoxy groups -OCH3 is 1. The lowest BCUT2D eigenvalue weighted by Crippen LogP contribution is -2.37.